The second-order valence-electron chi connectivity index (χ2n) is 7.51. The molecule has 26 heavy (non-hydrogen) atoms. The van der Waals surface area contributed by atoms with Gasteiger partial charge in [-0.15, -0.1) is 0 Å². The van der Waals surface area contributed by atoms with E-state index >= 15 is 0 Å². The smallest absolute Gasteiger partial charge is 0.273 e. The second kappa shape index (κ2) is 6.79. The summed E-state index contributed by atoms with van der Waals surface area (Å²) in [5.74, 6) is 0.784. The number of amides is 1. The van der Waals surface area contributed by atoms with Crippen molar-refractivity contribution < 1.29 is 9.53 Å². The van der Waals surface area contributed by atoms with Crippen molar-refractivity contribution >= 4 is 5.91 Å². The molecule has 1 aliphatic carbocycles. The third-order valence-electron chi connectivity index (χ3n) is 5.32. The van der Waals surface area contributed by atoms with E-state index in [2.05, 4.69) is 15.1 Å². The third kappa shape index (κ3) is 3.35. The largest absolute Gasteiger partial charge is 0.380 e. The summed E-state index contributed by atoms with van der Waals surface area (Å²) in [5, 5.41) is 4.62. The number of fused-ring (bicyclic) bond motifs is 1. The molecule has 1 aliphatic heterocycles. The number of carbonyl (C=O) groups excluding carboxylic acids is 1. The molecule has 7 heteroatoms. The van der Waals surface area contributed by atoms with Gasteiger partial charge in [-0.3, -0.25) is 9.48 Å². The minimum Gasteiger partial charge on any atom is -0.380 e. The van der Waals surface area contributed by atoms with Crippen LogP contribution in [0.2, 0.25) is 0 Å². The zero-order valence-electron chi connectivity index (χ0n) is 15.6. The molecule has 2 aliphatic rings. The molecule has 138 valence electrons. The summed E-state index contributed by atoms with van der Waals surface area (Å²) in [6.07, 6.45) is 6.01. The number of carbonyl (C=O) groups is 1. The molecule has 7 nitrogen and oxygen atoms in total. The number of nitrogens with zero attached hydrogens (tertiary/aromatic N) is 5. The van der Waals surface area contributed by atoms with Crippen molar-refractivity contribution in [2.45, 2.75) is 39.2 Å². The maximum Gasteiger partial charge on any atom is 0.273 e. The number of rotatable bonds is 5. The maximum absolute atomic E-state index is 13.1. The Hall–Kier alpha value is -2.28. The van der Waals surface area contributed by atoms with Crippen LogP contribution in [0, 0.1) is 19.8 Å². The van der Waals surface area contributed by atoms with Crippen LogP contribution in [0.5, 0.6) is 0 Å². The highest BCUT2D eigenvalue weighted by molar-refractivity contribution is 5.94. The van der Waals surface area contributed by atoms with Crippen molar-refractivity contribution in [3.63, 3.8) is 0 Å². The van der Waals surface area contributed by atoms with Crippen LogP contribution >= 0.6 is 0 Å². The fourth-order valence-corrected chi connectivity index (χ4v) is 3.49. The predicted molar refractivity (Wildman–Crippen MR) is 95.7 cm³/mol. The molecule has 2 aromatic heterocycles. The minimum absolute atomic E-state index is 0.0466. The fourth-order valence-electron chi connectivity index (χ4n) is 3.49. The van der Waals surface area contributed by atoms with E-state index in [1.165, 1.54) is 19.2 Å². The standard InChI is InChI=1S/C19H25N5O2/c1-12-13(2)20-11-21-17(12)19(25)24-7-15-6-23(3)22-18(15)16(8-24)10-26-9-14-4-5-14/h6,11,14,16H,4-5,7-10H2,1-3H3. The molecular formula is C19H25N5O2. The van der Waals surface area contributed by atoms with Crippen molar-refractivity contribution in [1.29, 1.82) is 0 Å². The average molecular weight is 355 g/mol. The Balaban J connectivity index is 1.55. The number of hydrogen-bond donors (Lipinski definition) is 0. The van der Waals surface area contributed by atoms with Crippen LogP contribution < -0.4 is 0 Å². The molecule has 0 aromatic carbocycles. The van der Waals surface area contributed by atoms with Crippen LogP contribution in [-0.4, -0.2) is 50.3 Å². The molecule has 1 amide bonds. The summed E-state index contributed by atoms with van der Waals surface area (Å²) < 4.78 is 7.75. The Labute approximate surface area is 153 Å². The first-order valence-electron chi connectivity index (χ1n) is 9.20. The highest BCUT2D eigenvalue weighted by atomic mass is 16.5. The van der Waals surface area contributed by atoms with Gasteiger partial charge >= 0.3 is 0 Å². The van der Waals surface area contributed by atoms with Crippen molar-refractivity contribution in [2.75, 3.05) is 19.8 Å². The second-order valence-corrected chi connectivity index (χ2v) is 7.51. The van der Waals surface area contributed by atoms with Crippen molar-refractivity contribution in [3.05, 3.63) is 40.7 Å². The third-order valence-corrected chi connectivity index (χ3v) is 5.32. The van der Waals surface area contributed by atoms with E-state index < -0.39 is 0 Å². The highest BCUT2D eigenvalue weighted by Crippen LogP contribution is 2.31. The molecule has 4 rings (SSSR count). The first-order valence-corrected chi connectivity index (χ1v) is 9.20. The van der Waals surface area contributed by atoms with Gasteiger partial charge in [0.25, 0.3) is 5.91 Å². The molecule has 0 saturated heterocycles. The SMILES string of the molecule is Cc1ncnc(C(=O)N2Cc3cn(C)nc3C(COCC3CC3)C2)c1C. The van der Waals surface area contributed by atoms with Gasteiger partial charge < -0.3 is 9.64 Å². The van der Waals surface area contributed by atoms with Crippen LogP contribution in [0.4, 0.5) is 0 Å². The van der Waals surface area contributed by atoms with Crippen molar-refractivity contribution in [2.24, 2.45) is 13.0 Å². The monoisotopic (exact) mass is 355 g/mol. The first-order chi connectivity index (χ1) is 12.5. The molecule has 1 atom stereocenters. The lowest BCUT2D eigenvalue weighted by molar-refractivity contribution is 0.0619. The van der Waals surface area contributed by atoms with E-state index in [1.54, 1.807) is 0 Å². The molecule has 2 aromatic rings. The summed E-state index contributed by atoms with van der Waals surface area (Å²) in [6.45, 7) is 6.39. The number of aromatic nitrogens is 4. The summed E-state index contributed by atoms with van der Waals surface area (Å²) in [7, 11) is 1.92. The molecule has 0 radical (unpaired) electrons. The molecular weight excluding hydrogens is 330 g/mol. The van der Waals surface area contributed by atoms with Gasteiger partial charge in [-0.05, 0) is 32.6 Å². The Bertz CT molecular complexity index is 827. The fraction of sp³-hybridized carbons (Fsp3) is 0.579. The lowest BCUT2D eigenvalue weighted by Crippen LogP contribution is -2.40. The summed E-state index contributed by atoms with van der Waals surface area (Å²) in [5.41, 5.74) is 4.32. The summed E-state index contributed by atoms with van der Waals surface area (Å²) in [6, 6.07) is 0. The van der Waals surface area contributed by atoms with Gasteiger partial charge in [0.2, 0.25) is 0 Å². The zero-order chi connectivity index (χ0) is 18.3. The van der Waals surface area contributed by atoms with E-state index in [0.29, 0.717) is 25.4 Å². The van der Waals surface area contributed by atoms with E-state index in [-0.39, 0.29) is 11.8 Å². The number of ether oxygens (including phenoxy) is 1. The predicted octanol–water partition coefficient (Wildman–Crippen LogP) is 1.99. The zero-order valence-corrected chi connectivity index (χ0v) is 15.6. The van der Waals surface area contributed by atoms with Crippen LogP contribution in [0.25, 0.3) is 0 Å². The quantitative estimate of drug-likeness (QED) is 0.820. The van der Waals surface area contributed by atoms with Crippen molar-refractivity contribution in [1.82, 2.24) is 24.6 Å². The van der Waals surface area contributed by atoms with Gasteiger partial charge in [-0.25, -0.2) is 9.97 Å². The van der Waals surface area contributed by atoms with E-state index in [9.17, 15) is 4.79 Å². The average Bonchev–Trinajstić information content (AvgIpc) is 3.36. The van der Waals surface area contributed by atoms with Crippen LogP contribution in [0.15, 0.2) is 12.5 Å². The number of hydrogen-bond acceptors (Lipinski definition) is 5. The summed E-state index contributed by atoms with van der Waals surface area (Å²) in [4.78, 5) is 23.4. The molecule has 1 fully saturated rings. The van der Waals surface area contributed by atoms with E-state index in [0.717, 1.165) is 35.0 Å². The van der Waals surface area contributed by atoms with Gasteiger partial charge in [0, 0.05) is 55.7 Å². The molecule has 1 saturated carbocycles. The first kappa shape index (κ1) is 17.1. The molecule has 3 heterocycles. The Morgan fingerprint density at radius 2 is 2.08 bits per heavy atom. The van der Waals surface area contributed by atoms with Gasteiger partial charge in [0.1, 0.15) is 12.0 Å². The lowest BCUT2D eigenvalue weighted by Gasteiger charge is -2.32. The van der Waals surface area contributed by atoms with E-state index in [1.807, 2.05) is 36.7 Å². The van der Waals surface area contributed by atoms with E-state index in [4.69, 9.17) is 4.74 Å². The van der Waals surface area contributed by atoms with Crippen molar-refractivity contribution in [3.8, 4) is 0 Å². The van der Waals surface area contributed by atoms with Crippen LogP contribution in [-0.2, 0) is 18.3 Å². The van der Waals surface area contributed by atoms with Crippen LogP contribution in [0.3, 0.4) is 0 Å². The summed E-state index contributed by atoms with van der Waals surface area (Å²) >= 11 is 0. The van der Waals surface area contributed by atoms with Gasteiger partial charge in [-0.1, -0.05) is 0 Å². The Morgan fingerprint density at radius 3 is 2.85 bits per heavy atom. The lowest BCUT2D eigenvalue weighted by atomic mass is 9.96. The van der Waals surface area contributed by atoms with Gasteiger partial charge in [0.15, 0.2) is 0 Å². The molecule has 0 bridgehead atoms. The minimum atomic E-state index is -0.0466. The van der Waals surface area contributed by atoms with Gasteiger partial charge in [0.05, 0.1) is 12.3 Å². The topological polar surface area (TPSA) is 73.1 Å². The highest BCUT2D eigenvalue weighted by Gasteiger charge is 2.33. The van der Waals surface area contributed by atoms with Crippen LogP contribution in [0.1, 0.15) is 51.8 Å². The molecule has 1 unspecified atom stereocenters. The maximum atomic E-state index is 13.1. The Kier molecular flexibility index (Phi) is 4.48. The Morgan fingerprint density at radius 1 is 1.27 bits per heavy atom. The molecule has 0 spiro atoms. The number of aryl methyl sites for hydroxylation is 2. The normalized spacial score (nSPS) is 19.5. The molecule has 0 N–H and O–H groups in total. The van der Waals surface area contributed by atoms with Gasteiger partial charge in [-0.2, -0.15) is 5.10 Å².